The lowest BCUT2D eigenvalue weighted by molar-refractivity contribution is 0.0337. The Kier molecular flexibility index (Phi) is 3.98. The number of aliphatic hydroxyl groups is 2. The summed E-state index contributed by atoms with van der Waals surface area (Å²) in [6.45, 7) is 0.196. The number of thiazole rings is 1. The topological polar surface area (TPSA) is 62.6 Å². The van der Waals surface area contributed by atoms with Gasteiger partial charge in [-0.25, -0.2) is 4.98 Å². The molecule has 0 aliphatic carbocycles. The summed E-state index contributed by atoms with van der Waals surface area (Å²) >= 11 is 9.03. The molecule has 1 aliphatic rings. The average Bonchev–Trinajstić information content (AvgIpc) is 2.92. The normalized spacial score (nSPS) is 27.2. The first-order valence-corrected chi connectivity index (χ1v) is 7.98. The highest BCUT2D eigenvalue weighted by molar-refractivity contribution is 8.01. The largest absolute Gasteiger partial charge is 0.388 e. The average molecular weight is 318 g/mol. The third-order valence-electron chi connectivity index (χ3n) is 2.96. The zero-order valence-corrected chi connectivity index (χ0v) is 12.2. The second-order valence-electron chi connectivity index (χ2n) is 4.33. The molecule has 3 unspecified atom stereocenters. The van der Waals surface area contributed by atoms with E-state index in [4.69, 9.17) is 16.3 Å². The van der Waals surface area contributed by atoms with Crippen LogP contribution in [0.5, 0.6) is 0 Å². The van der Waals surface area contributed by atoms with Crippen LogP contribution in [0.25, 0.3) is 10.2 Å². The number of nitrogens with zero attached hydrogens (tertiary/aromatic N) is 1. The summed E-state index contributed by atoms with van der Waals surface area (Å²) in [5.74, 6) is 0.575. The molecule has 3 atom stereocenters. The minimum absolute atomic E-state index is 0.196. The molecular formula is C12H12ClNO3S2. The first-order valence-electron chi connectivity index (χ1n) is 5.80. The molecule has 1 fully saturated rings. The minimum atomic E-state index is -0.809. The highest BCUT2D eigenvalue weighted by Gasteiger charge is 2.34. The number of aliphatic hydroxyl groups excluding tert-OH is 2. The van der Waals surface area contributed by atoms with Crippen molar-refractivity contribution in [1.82, 2.24) is 4.98 Å². The predicted octanol–water partition coefficient (Wildman–Crippen LogP) is 2.16. The van der Waals surface area contributed by atoms with Crippen LogP contribution in [0.15, 0.2) is 22.5 Å². The lowest BCUT2D eigenvalue weighted by Gasteiger charge is -2.12. The van der Waals surface area contributed by atoms with Gasteiger partial charge < -0.3 is 14.9 Å². The van der Waals surface area contributed by atoms with Gasteiger partial charge in [0.15, 0.2) is 4.34 Å². The molecule has 0 amide bonds. The van der Waals surface area contributed by atoms with E-state index in [0.29, 0.717) is 10.8 Å². The molecule has 102 valence electrons. The molecule has 1 saturated heterocycles. The number of ether oxygens (including phenoxy) is 1. The highest BCUT2D eigenvalue weighted by Crippen LogP contribution is 2.32. The van der Waals surface area contributed by atoms with Gasteiger partial charge in [-0.05, 0) is 18.2 Å². The van der Waals surface area contributed by atoms with Crippen LogP contribution in [0.4, 0.5) is 0 Å². The van der Waals surface area contributed by atoms with E-state index in [-0.39, 0.29) is 12.7 Å². The van der Waals surface area contributed by atoms with Gasteiger partial charge >= 0.3 is 0 Å². The van der Waals surface area contributed by atoms with E-state index < -0.39 is 12.2 Å². The Bertz CT molecular complexity index is 591. The van der Waals surface area contributed by atoms with Gasteiger partial charge in [-0.15, -0.1) is 11.3 Å². The Hall–Kier alpha value is -0.370. The van der Waals surface area contributed by atoms with Gasteiger partial charge in [0.2, 0.25) is 0 Å². The van der Waals surface area contributed by atoms with Crippen molar-refractivity contribution in [3.8, 4) is 0 Å². The molecule has 1 aromatic carbocycles. The van der Waals surface area contributed by atoms with Crippen LogP contribution >= 0.6 is 34.7 Å². The first kappa shape index (κ1) is 13.6. The fourth-order valence-electron chi connectivity index (χ4n) is 1.91. The maximum atomic E-state index is 9.69. The fourth-order valence-corrected chi connectivity index (χ4v) is 4.22. The van der Waals surface area contributed by atoms with Crippen molar-refractivity contribution < 1.29 is 14.9 Å². The molecule has 0 saturated carbocycles. The Labute approximate surface area is 123 Å². The Balaban J connectivity index is 1.68. The van der Waals surface area contributed by atoms with Crippen molar-refractivity contribution in [3.05, 3.63) is 23.2 Å². The van der Waals surface area contributed by atoms with E-state index in [1.165, 1.54) is 11.8 Å². The van der Waals surface area contributed by atoms with Crippen LogP contribution in [0.1, 0.15) is 0 Å². The Morgan fingerprint density at radius 3 is 3.05 bits per heavy atom. The number of halogens is 1. The molecule has 2 aromatic rings. The summed E-state index contributed by atoms with van der Waals surface area (Å²) in [6.07, 6.45) is -1.92. The standard InChI is InChI=1S/C12H12ClNO3S2/c13-6-1-2-10-7(3-6)14-12(19-10)18-5-9-11(16)8(15)4-17-9/h1-3,8-9,11,15-16H,4-5H2. The Morgan fingerprint density at radius 1 is 1.47 bits per heavy atom. The van der Waals surface area contributed by atoms with Gasteiger partial charge in [0.25, 0.3) is 0 Å². The maximum Gasteiger partial charge on any atom is 0.151 e. The summed E-state index contributed by atoms with van der Waals surface area (Å²) < 4.78 is 7.32. The summed E-state index contributed by atoms with van der Waals surface area (Å²) in [5, 5.41) is 19.8. The number of thioether (sulfide) groups is 1. The summed E-state index contributed by atoms with van der Waals surface area (Å²) in [6, 6.07) is 5.63. The molecule has 1 aliphatic heterocycles. The number of aromatic nitrogens is 1. The predicted molar refractivity (Wildman–Crippen MR) is 77.1 cm³/mol. The van der Waals surface area contributed by atoms with Crippen molar-refractivity contribution in [2.45, 2.75) is 22.7 Å². The first-order chi connectivity index (χ1) is 9.13. The molecule has 0 bridgehead atoms. The number of hydrogen-bond donors (Lipinski definition) is 2. The van der Waals surface area contributed by atoms with Gasteiger partial charge in [0, 0.05) is 10.8 Å². The minimum Gasteiger partial charge on any atom is -0.388 e. The molecule has 19 heavy (non-hydrogen) atoms. The third kappa shape index (κ3) is 2.89. The van der Waals surface area contributed by atoms with E-state index in [2.05, 4.69) is 4.98 Å². The Morgan fingerprint density at radius 2 is 2.32 bits per heavy atom. The van der Waals surface area contributed by atoms with Crippen molar-refractivity contribution in [2.75, 3.05) is 12.4 Å². The smallest absolute Gasteiger partial charge is 0.151 e. The van der Waals surface area contributed by atoms with E-state index in [1.54, 1.807) is 11.3 Å². The van der Waals surface area contributed by atoms with E-state index in [9.17, 15) is 10.2 Å². The number of rotatable bonds is 3. The van der Waals surface area contributed by atoms with Gasteiger partial charge in [0.1, 0.15) is 12.2 Å². The molecule has 7 heteroatoms. The molecule has 4 nitrogen and oxygen atoms in total. The van der Waals surface area contributed by atoms with Crippen LogP contribution in [0, 0.1) is 0 Å². The second kappa shape index (κ2) is 5.55. The van der Waals surface area contributed by atoms with E-state index in [0.717, 1.165) is 14.6 Å². The van der Waals surface area contributed by atoms with E-state index >= 15 is 0 Å². The van der Waals surface area contributed by atoms with Crippen LogP contribution in [-0.2, 0) is 4.74 Å². The van der Waals surface area contributed by atoms with Gasteiger partial charge in [-0.1, -0.05) is 23.4 Å². The molecule has 0 radical (unpaired) electrons. The van der Waals surface area contributed by atoms with Crippen LogP contribution in [0.2, 0.25) is 5.02 Å². The van der Waals surface area contributed by atoms with Crippen LogP contribution in [0.3, 0.4) is 0 Å². The van der Waals surface area contributed by atoms with Crippen molar-refractivity contribution in [2.24, 2.45) is 0 Å². The van der Waals surface area contributed by atoms with E-state index in [1.807, 2.05) is 18.2 Å². The van der Waals surface area contributed by atoms with Gasteiger partial charge in [0.05, 0.1) is 22.9 Å². The zero-order valence-electron chi connectivity index (χ0n) is 9.82. The second-order valence-corrected chi connectivity index (χ2v) is 7.07. The summed E-state index contributed by atoms with van der Waals surface area (Å²) in [7, 11) is 0. The number of benzene rings is 1. The quantitative estimate of drug-likeness (QED) is 0.849. The molecule has 0 spiro atoms. The van der Waals surface area contributed by atoms with Crippen molar-refractivity contribution in [1.29, 1.82) is 0 Å². The maximum absolute atomic E-state index is 9.69. The molecule has 1 aromatic heterocycles. The molecule has 2 heterocycles. The highest BCUT2D eigenvalue weighted by atomic mass is 35.5. The monoisotopic (exact) mass is 317 g/mol. The summed E-state index contributed by atoms with van der Waals surface area (Å²) in [4.78, 5) is 4.48. The third-order valence-corrected chi connectivity index (χ3v) is 5.46. The summed E-state index contributed by atoms with van der Waals surface area (Å²) in [5.41, 5.74) is 0.882. The zero-order chi connectivity index (χ0) is 13.4. The fraction of sp³-hybridized carbons (Fsp3) is 0.417. The molecule has 2 N–H and O–H groups in total. The van der Waals surface area contributed by atoms with Gasteiger partial charge in [-0.2, -0.15) is 0 Å². The van der Waals surface area contributed by atoms with Crippen LogP contribution in [-0.4, -0.2) is 45.9 Å². The lowest BCUT2D eigenvalue weighted by Crippen LogP contribution is -2.31. The van der Waals surface area contributed by atoms with Crippen LogP contribution < -0.4 is 0 Å². The lowest BCUT2D eigenvalue weighted by atomic mass is 10.2. The van der Waals surface area contributed by atoms with Gasteiger partial charge in [-0.3, -0.25) is 0 Å². The number of hydrogen-bond acceptors (Lipinski definition) is 6. The SMILES string of the molecule is OC1COC(CSc2nc3cc(Cl)ccc3s2)C1O. The molecular weight excluding hydrogens is 306 g/mol. The van der Waals surface area contributed by atoms with Crippen molar-refractivity contribution >= 4 is 44.9 Å². The molecule has 3 rings (SSSR count). The number of fused-ring (bicyclic) bond motifs is 1. The van der Waals surface area contributed by atoms with Crippen molar-refractivity contribution in [3.63, 3.8) is 0 Å².